The van der Waals surface area contributed by atoms with Crippen molar-refractivity contribution in [2.45, 2.75) is 108 Å². The molecule has 2 saturated carbocycles. The molecule has 4 aliphatic heterocycles. The Morgan fingerprint density at radius 1 is 0.867 bits per heavy atom. The van der Waals surface area contributed by atoms with Crippen molar-refractivity contribution in [3.05, 3.63) is 59.2 Å². The van der Waals surface area contributed by atoms with Gasteiger partial charge in [0.15, 0.2) is 5.82 Å². The molecule has 15 heteroatoms. The minimum Gasteiger partial charge on any atom is -0.488 e. The average molecular weight is 820 g/mol. The number of aryl methyl sites for hydroxylation is 1. The van der Waals surface area contributed by atoms with E-state index in [9.17, 15) is 14.4 Å². The SMILES string of the molecule is Cc1nc(-c2n[nH]c3ccc(OC4(C)CC4)cc23)cc(N2CCN(C[C@H]3CC[C@H](OC4CCN(c5ccc6c(c5F)CN(C5CCC(=O)NC5=O)C6=O)CC4)CC3)CC2)n1. The Morgan fingerprint density at radius 2 is 1.63 bits per heavy atom. The number of hydrogen-bond donors (Lipinski definition) is 2. The summed E-state index contributed by atoms with van der Waals surface area (Å²) in [7, 11) is 0. The Labute approximate surface area is 349 Å². The van der Waals surface area contributed by atoms with E-state index in [1.165, 1.54) is 4.90 Å². The summed E-state index contributed by atoms with van der Waals surface area (Å²) in [5, 5.41) is 11.1. The molecule has 2 aromatic carbocycles. The molecule has 2 aromatic heterocycles. The predicted octanol–water partition coefficient (Wildman–Crippen LogP) is 5.53. The normalized spacial score (nSPS) is 24.9. The van der Waals surface area contributed by atoms with E-state index in [1.807, 2.05) is 19.1 Å². The van der Waals surface area contributed by atoms with E-state index in [2.05, 4.69) is 49.3 Å². The van der Waals surface area contributed by atoms with Gasteiger partial charge >= 0.3 is 0 Å². The lowest BCUT2D eigenvalue weighted by Gasteiger charge is -2.39. The van der Waals surface area contributed by atoms with Gasteiger partial charge in [0.05, 0.1) is 35.7 Å². The summed E-state index contributed by atoms with van der Waals surface area (Å²) in [6.45, 7) is 10.4. The Balaban J connectivity index is 0.675. The highest BCUT2D eigenvalue weighted by Gasteiger charge is 2.42. The standard InChI is InChI=1S/C45H54FN9O5/c1-27-47-36(42-33-23-31(60-45(2)15-16-45)7-9-35(33)50-51-42)24-39(48-27)54-21-19-52(20-22-54)25-28-3-5-29(6-4-28)59-30-13-17-53(18-14-30)37-10-8-32-34(41(37)46)26-55(44(32)58)38-11-12-40(56)49-43(38)57/h7-10,23-24,28-30,38H,3-6,11-22,25-26H2,1-2H3,(H,50,51)(H,49,56,57)/t28-,29-,38?. The van der Waals surface area contributed by atoms with Gasteiger partial charge in [-0.2, -0.15) is 5.10 Å². The third kappa shape index (κ3) is 7.81. The number of nitrogens with zero attached hydrogens (tertiary/aromatic N) is 7. The van der Waals surface area contributed by atoms with Gasteiger partial charge in [-0.15, -0.1) is 0 Å². The summed E-state index contributed by atoms with van der Waals surface area (Å²) in [5.41, 5.74) is 3.67. The maximum atomic E-state index is 15.9. The molecule has 3 amide bonds. The number of aromatic amines is 1. The van der Waals surface area contributed by atoms with Crippen molar-refractivity contribution in [3.63, 3.8) is 0 Å². The first-order valence-corrected chi connectivity index (χ1v) is 21.9. The van der Waals surface area contributed by atoms with Gasteiger partial charge < -0.3 is 24.2 Å². The van der Waals surface area contributed by atoms with Gasteiger partial charge in [0, 0.05) is 74.8 Å². The van der Waals surface area contributed by atoms with Crippen molar-refractivity contribution in [1.82, 2.24) is 35.3 Å². The zero-order chi connectivity index (χ0) is 41.1. The van der Waals surface area contributed by atoms with E-state index in [0.29, 0.717) is 35.8 Å². The van der Waals surface area contributed by atoms with Crippen LogP contribution in [-0.4, -0.2) is 117 Å². The molecule has 3 saturated heterocycles. The quantitative estimate of drug-likeness (QED) is 0.195. The Bertz CT molecular complexity index is 2310. The van der Waals surface area contributed by atoms with E-state index >= 15 is 4.39 Å². The van der Waals surface area contributed by atoms with E-state index in [1.54, 1.807) is 12.1 Å². The lowest BCUT2D eigenvalue weighted by atomic mass is 9.86. The average Bonchev–Trinajstić information content (AvgIpc) is 3.65. The van der Waals surface area contributed by atoms with Crippen molar-refractivity contribution < 1.29 is 28.2 Å². The summed E-state index contributed by atoms with van der Waals surface area (Å²) in [5.74, 6) is 1.61. The molecule has 10 rings (SSSR count). The topological polar surface area (TPSA) is 149 Å². The molecular weight excluding hydrogens is 766 g/mol. The number of piperazine rings is 1. The van der Waals surface area contributed by atoms with Crippen LogP contribution in [0, 0.1) is 18.7 Å². The second-order valence-electron chi connectivity index (χ2n) is 18.1. The number of amides is 3. The van der Waals surface area contributed by atoms with Crippen LogP contribution in [0.3, 0.4) is 0 Å². The molecule has 316 valence electrons. The summed E-state index contributed by atoms with van der Waals surface area (Å²) < 4.78 is 28.8. The fourth-order valence-electron chi connectivity index (χ4n) is 9.97. The molecule has 0 spiro atoms. The number of halogens is 1. The molecule has 1 unspecified atom stereocenters. The number of aromatic nitrogens is 4. The molecule has 6 heterocycles. The summed E-state index contributed by atoms with van der Waals surface area (Å²) in [4.78, 5) is 55.3. The molecule has 4 aromatic rings. The lowest BCUT2D eigenvalue weighted by molar-refractivity contribution is -0.136. The van der Waals surface area contributed by atoms with E-state index in [0.717, 1.165) is 124 Å². The van der Waals surface area contributed by atoms with Crippen molar-refractivity contribution >= 4 is 40.1 Å². The zero-order valence-electron chi connectivity index (χ0n) is 34.6. The Hall–Kier alpha value is -5.15. The van der Waals surface area contributed by atoms with Crippen LogP contribution < -0.4 is 19.9 Å². The maximum absolute atomic E-state index is 15.9. The number of carbonyl (C=O) groups excluding carboxylic acids is 3. The van der Waals surface area contributed by atoms with E-state index in [-0.39, 0.29) is 49.0 Å². The third-order valence-corrected chi connectivity index (χ3v) is 13.7. The van der Waals surface area contributed by atoms with Crippen LogP contribution in [0.15, 0.2) is 36.4 Å². The number of piperidine rings is 2. The van der Waals surface area contributed by atoms with Gasteiger partial charge in [-0.25, -0.2) is 14.4 Å². The predicted molar refractivity (Wildman–Crippen MR) is 223 cm³/mol. The number of nitrogens with one attached hydrogen (secondary N) is 2. The second-order valence-corrected chi connectivity index (χ2v) is 18.1. The third-order valence-electron chi connectivity index (χ3n) is 13.7. The Morgan fingerprint density at radius 3 is 2.38 bits per heavy atom. The molecule has 2 N–H and O–H groups in total. The molecule has 2 aliphatic carbocycles. The molecular formula is C45H54FN9O5. The molecule has 5 fully saturated rings. The van der Waals surface area contributed by atoms with Crippen LogP contribution in [0.2, 0.25) is 0 Å². The molecule has 0 radical (unpaired) electrons. The van der Waals surface area contributed by atoms with Gasteiger partial charge in [-0.05, 0) is 108 Å². The molecule has 1 atom stereocenters. The first kappa shape index (κ1) is 39.0. The summed E-state index contributed by atoms with van der Waals surface area (Å²) in [6, 6.07) is 10.8. The monoisotopic (exact) mass is 819 g/mol. The van der Waals surface area contributed by atoms with Crippen LogP contribution in [0.4, 0.5) is 15.9 Å². The van der Waals surface area contributed by atoms with Crippen molar-refractivity contribution in [2.24, 2.45) is 5.92 Å². The number of ether oxygens (including phenoxy) is 2. The van der Waals surface area contributed by atoms with Crippen molar-refractivity contribution in [2.75, 3.05) is 55.6 Å². The number of hydrogen-bond acceptors (Lipinski definition) is 11. The molecule has 0 bridgehead atoms. The van der Waals surface area contributed by atoms with Crippen molar-refractivity contribution in [1.29, 1.82) is 0 Å². The number of fused-ring (bicyclic) bond motifs is 2. The van der Waals surface area contributed by atoms with Gasteiger partial charge in [0.2, 0.25) is 11.8 Å². The number of imide groups is 1. The number of anilines is 2. The number of rotatable bonds is 10. The summed E-state index contributed by atoms with van der Waals surface area (Å²) in [6.07, 6.45) is 9.11. The minimum atomic E-state index is -0.763. The highest BCUT2D eigenvalue weighted by molar-refractivity contribution is 6.05. The number of benzene rings is 2. The fraction of sp³-hybridized carbons (Fsp3) is 0.556. The van der Waals surface area contributed by atoms with Crippen LogP contribution >= 0.6 is 0 Å². The first-order valence-electron chi connectivity index (χ1n) is 21.9. The maximum Gasteiger partial charge on any atom is 0.255 e. The van der Waals surface area contributed by atoms with Gasteiger partial charge in [-0.1, -0.05) is 0 Å². The van der Waals surface area contributed by atoms with E-state index < -0.39 is 17.8 Å². The second kappa shape index (κ2) is 15.7. The summed E-state index contributed by atoms with van der Waals surface area (Å²) >= 11 is 0. The van der Waals surface area contributed by atoms with Gasteiger partial charge in [0.1, 0.15) is 34.7 Å². The van der Waals surface area contributed by atoms with Gasteiger partial charge in [-0.3, -0.25) is 29.7 Å². The zero-order valence-corrected chi connectivity index (χ0v) is 34.6. The Kier molecular flexibility index (Phi) is 10.2. The molecule has 6 aliphatic rings. The molecule has 60 heavy (non-hydrogen) atoms. The van der Waals surface area contributed by atoms with Crippen LogP contribution in [0.5, 0.6) is 5.75 Å². The smallest absolute Gasteiger partial charge is 0.255 e. The highest BCUT2D eigenvalue weighted by atomic mass is 19.1. The van der Waals surface area contributed by atoms with Crippen molar-refractivity contribution in [3.8, 4) is 17.1 Å². The van der Waals surface area contributed by atoms with Crippen LogP contribution in [0.1, 0.15) is 92.9 Å². The lowest BCUT2D eigenvalue weighted by Crippen LogP contribution is -2.52. The van der Waals surface area contributed by atoms with E-state index in [4.69, 9.17) is 19.4 Å². The largest absolute Gasteiger partial charge is 0.488 e. The minimum absolute atomic E-state index is 0.0323. The first-order chi connectivity index (χ1) is 29.1. The van der Waals surface area contributed by atoms with Crippen LogP contribution in [0.25, 0.3) is 22.3 Å². The van der Waals surface area contributed by atoms with Gasteiger partial charge in [0.25, 0.3) is 5.91 Å². The van der Waals surface area contributed by atoms with Crippen LogP contribution in [-0.2, 0) is 20.9 Å². The number of H-pyrrole nitrogens is 1. The number of carbonyl (C=O) groups is 3. The highest BCUT2D eigenvalue weighted by Crippen LogP contribution is 2.41. The fourth-order valence-corrected chi connectivity index (χ4v) is 9.97. The molecule has 14 nitrogen and oxygen atoms in total.